The lowest BCUT2D eigenvalue weighted by molar-refractivity contribution is -0.119. The third-order valence-corrected chi connectivity index (χ3v) is 3.57. The number of anilines is 1. The molecule has 1 N–H and O–H groups in total. The van der Waals surface area contributed by atoms with E-state index >= 15 is 0 Å². The number of rotatable bonds is 7. The Morgan fingerprint density at radius 2 is 1.56 bits per heavy atom. The molecule has 0 bridgehead atoms. The first kappa shape index (κ1) is 19.8. The van der Waals surface area contributed by atoms with E-state index in [4.69, 9.17) is 14.2 Å². The fraction of sp³-hybridized carbons (Fsp3) is 0.211. The summed E-state index contributed by atoms with van der Waals surface area (Å²) in [5.41, 5.74) is 0.434. The molecule has 1 amide bonds. The summed E-state index contributed by atoms with van der Waals surface area (Å²) in [6.07, 6.45) is 0. The maximum Gasteiger partial charge on any atom is 0.339 e. The first-order chi connectivity index (χ1) is 13.0. The fourth-order valence-electron chi connectivity index (χ4n) is 2.26. The van der Waals surface area contributed by atoms with Crippen molar-refractivity contribution in [3.63, 3.8) is 0 Å². The van der Waals surface area contributed by atoms with Gasteiger partial charge in [0.05, 0.1) is 38.1 Å². The molecule has 2 aromatic rings. The lowest BCUT2D eigenvalue weighted by Gasteiger charge is -2.12. The second kappa shape index (κ2) is 9.23. The molecule has 0 atom stereocenters. The van der Waals surface area contributed by atoms with Crippen LogP contribution in [0, 0.1) is 0 Å². The van der Waals surface area contributed by atoms with Gasteiger partial charge >= 0.3 is 11.9 Å². The van der Waals surface area contributed by atoms with Gasteiger partial charge in [0.15, 0.2) is 6.61 Å². The molecule has 0 saturated heterocycles. The molecule has 8 nitrogen and oxygen atoms in total. The topological polar surface area (TPSA) is 100 Å². The van der Waals surface area contributed by atoms with Gasteiger partial charge in [0.2, 0.25) is 0 Å². The van der Waals surface area contributed by atoms with Crippen LogP contribution in [0.2, 0.25) is 0 Å². The lowest BCUT2D eigenvalue weighted by atomic mass is 10.1. The number of hydrogen-bond acceptors (Lipinski definition) is 7. The molecule has 0 unspecified atom stereocenters. The third kappa shape index (κ3) is 4.97. The number of carbonyl (C=O) groups is 3. The van der Waals surface area contributed by atoms with Crippen molar-refractivity contribution in [2.45, 2.75) is 0 Å². The Kier molecular flexibility index (Phi) is 6.76. The van der Waals surface area contributed by atoms with Crippen molar-refractivity contribution in [2.24, 2.45) is 0 Å². The highest BCUT2D eigenvalue weighted by molar-refractivity contribution is 6.04. The summed E-state index contributed by atoms with van der Waals surface area (Å²) in [4.78, 5) is 36.0. The third-order valence-electron chi connectivity index (χ3n) is 3.57. The largest absolute Gasteiger partial charge is 0.497 e. The van der Waals surface area contributed by atoms with E-state index in [0.717, 1.165) is 0 Å². The van der Waals surface area contributed by atoms with Crippen LogP contribution in [0.4, 0.5) is 5.69 Å². The standard InChI is InChI=1S/C19H19NO7/c1-24-12-8-9-16(25-2)15(10-12)20-17(21)11-27-19(23)14-7-5-4-6-13(14)18(22)26-3/h4-10H,11H2,1-3H3,(H,20,21). The molecule has 0 aliphatic heterocycles. The monoisotopic (exact) mass is 373 g/mol. The highest BCUT2D eigenvalue weighted by atomic mass is 16.5. The average Bonchev–Trinajstić information content (AvgIpc) is 2.71. The number of methoxy groups -OCH3 is 3. The van der Waals surface area contributed by atoms with Gasteiger partial charge in [-0.15, -0.1) is 0 Å². The Morgan fingerprint density at radius 1 is 0.889 bits per heavy atom. The van der Waals surface area contributed by atoms with Gasteiger partial charge in [0.1, 0.15) is 11.5 Å². The van der Waals surface area contributed by atoms with E-state index in [-0.39, 0.29) is 11.1 Å². The molecule has 2 rings (SSSR count). The highest BCUT2D eigenvalue weighted by Crippen LogP contribution is 2.28. The summed E-state index contributed by atoms with van der Waals surface area (Å²) < 4.78 is 19.9. The van der Waals surface area contributed by atoms with Crippen LogP contribution >= 0.6 is 0 Å². The van der Waals surface area contributed by atoms with Gasteiger partial charge in [-0.1, -0.05) is 12.1 Å². The van der Waals surface area contributed by atoms with Gasteiger partial charge in [0.25, 0.3) is 5.91 Å². The normalized spacial score (nSPS) is 9.89. The fourth-order valence-corrected chi connectivity index (χ4v) is 2.26. The van der Waals surface area contributed by atoms with Gasteiger partial charge in [-0.3, -0.25) is 4.79 Å². The van der Waals surface area contributed by atoms with Crippen molar-refractivity contribution < 1.29 is 33.3 Å². The van der Waals surface area contributed by atoms with Crippen LogP contribution in [0.5, 0.6) is 11.5 Å². The molecule has 0 radical (unpaired) electrons. The van der Waals surface area contributed by atoms with E-state index in [2.05, 4.69) is 10.1 Å². The molecule has 142 valence electrons. The minimum atomic E-state index is -0.816. The molecule has 0 spiro atoms. The van der Waals surface area contributed by atoms with Crippen LogP contribution in [0.3, 0.4) is 0 Å². The Morgan fingerprint density at radius 3 is 2.15 bits per heavy atom. The molecule has 27 heavy (non-hydrogen) atoms. The van der Waals surface area contributed by atoms with Gasteiger partial charge in [0, 0.05) is 6.07 Å². The van der Waals surface area contributed by atoms with E-state index in [1.165, 1.54) is 33.5 Å². The molecule has 0 aliphatic carbocycles. The molecular formula is C19H19NO7. The van der Waals surface area contributed by atoms with Gasteiger partial charge in [-0.2, -0.15) is 0 Å². The maximum absolute atomic E-state index is 12.2. The summed E-state index contributed by atoms with van der Waals surface area (Å²) in [6.45, 7) is -0.547. The number of carbonyl (C=O) groups excluding carboxylic acids is 3. The first-order valence-electron chi connectivity index (χ1n) is 7.86. The van der Waals surface area contributed by atoms with Crippen LogP contribution in [-0.4, -0.2) is 45.8 Å². The quantitative estimate of drug-likeness (QED) is 0.743. The molecule has 0 aromatic heterocycles. The van der Waals surface area contributed by atoms with Crippen LogP contribution in [0.1, 0.15) is 20.7 Å². The van der Waals surface area contributed by atoms with E-state index in [9.17, 15) is 14.4 Å². The summed E-state index contributed by atoms with van der Waals surface area (Å²) in [7, 11) is 4.16. The lowest BCUT2D eigenvalue weighted by Crippen LogP contribution is -2.22. The second-order valence-electron chi connectivity index (χ2n) is 5.23. The number of hydrogen-bond donors (Lipinski definition) is 1. The van der Waals surface area contributed by atoms with Crippen LogP contribution in [0.15, 0.2) is 42.5 Å². The summed E-state index contributed by atoms with van der Waals surface area (Å²) in [6, 6.07) is 10.9. The zero-order chi connectivity index (χ0) is 19.8. The first-order valence-corrected chi connectivity index (χ1v) is 7.86. The zero-order valence-corrected chi connectivity index (χ0v) is 15.1. The molecule has 0 aliphatic rings. The van der Waals surface area contributed by atoms with Crippen molar-refractivity contribution in [1.29, 1.82) is 0 Å². The Labute approximate surface area is 156 Å². The van der Waals surface area contributed by atoms with Crippen molar-refractivity contribution in [3.8, 4) is 11.5 Å². The maximum atomic E-state index is 12.2. The van der Waals surface area contributed by atoms with Crippen molar-refractivity contribution in [2.75, 3.05) is 33.3 Å². The predicted octanol–water partition coefficient (Wildman–Crippen LogP) is 2.29. The SMILES string of the molecule is COC(=O)c1ccccc1C(=O)OCC(=O)Nc1cc(OC)ccc1OC. The molecule has 8 heteroatoms. The smallest absolute Gasteiger partial charge is 0.339 e. The molecule has 0 fully saturated rings. The molecular weight excluding hydrogens is 354 g/mol. The van der Waals surface area contributed by atoms with E-state index in [1.807, 2.05) is 0 Å². The predicted molar refractivity (Wildman–Crippen MR) is 96.2 cm³/mol. The average molecular weight is 373 g/mol. The van der Waals surface area contributed by atoms with Gasteiger partial charge in [-0.25, -0.2) is 9.59 Å². The Bertz CT molecular complexity index is 848. The number of benzene rings is 2. The minimum Gasteiger partial charge on any atom is -0.497 e. The van der Waals surface area contributed by atoms with E-state index in [0.29, 0.717) is 17.2 Å². The molecule has 2 aromatic carbocycles. The number of ether oxygens (including phenoxy) is 4. The highest BCUT2D eigenvalue weighted by Gasteiger charge is 2.19. The van der Waals surface area contributed by atoms with Gasteiger partial charge < -0.3 is 24.3 Å². The Balaban J connectivity index is 2.04. The number of nitrogens with one attached hydrogen (secondary N) is 1. The van der Waals surface area contributed by atoms with Crippen molar-refractivity contribution in [1.82, 2.24) is 0 Å². The van der Waals surface area contributed by atoms with Crippen LogP contribution in [0.25, 0.3) is 0 Å². The Hall–Kier alpha value is -3.55. The molecule has 0 saturated carbocycles. The van der Waals surface area contributed by atoms with Crippen LogP contribution < -0.4 is 14.8 Å². The van der Waals surface area contributed by atoms with Crippen molar-refractivity contribution >= 4 is 23.5 Å². The zero-order valence-electron chi connectivity index (χ0n) is 15.1. The van der Waals surface area contributed by atoms with E-state index in [1.54, 1.807) is 30.3 Å². The summed E-state index contributed by atoms with van der Waals surface area (Å²) in [5.74, 6) is -1.12. The second-order valence-corrected chi connectivity index (χ2v) is 5.23. The number of esters is 2. The minimum absolute atomic E-state index is 0.0103. The summed E-state index contributed by atoms with van der Waals surface area (Å²) >= 11 is 0. The number of amides is 1. The molecule has 0 heterocycles. The summed E-state index contributed by atoms with van der Waals surface area (Å²) in [5, 5.41) is 2.58. The van der Waals surface area contributed by atoms with E-state index < -0.39 is 24.5 Å². The van der Waals surface area contributed by atoms with Crippen LogP contribution in [-0.2, 0) is 14.3 Å². The van der Waals surface area contributed by atoms with Gasteiger partial charge in [-0.05, 0) is 24.3 Å². The van der Waals surface area contributed by atoms with Crippen molar-refractivity contribution in [3.05, 3.63) is 53.6 Å².